The lowest BCUT2D eigenvalue weighted by Gasteiger charge is -2.15. The summed E-state index contributed by atoms with van der Waals surface area (Å²) in [5, 5.41) is 8.24. The van der Waals surface area contributed by atoms with Crippen LogP contribution in [0, 0.1) is 6.92 Å². The second-order valence-electron chi connectivity index (χ2n) is 5.34. The van der Waals surface area contributed by atoms with Gasteiger partial charge in [-0.1, -0.05) is 59.3 Å². The lowest BCUT2D eigenvalue weighted by molar-refractivity contribution is 0.111. The van der Waals surface area contributed by atoms with Crippen LogP contribution in [-0.4, -0.2) is 21.3 Å². The first-order chi connectivity index (χ1) is 10.7. The molecule has 22 heavy (non-hydrogen) atoms. The van der Waals surface area contributed by atoms with Crippen molar-refractivity contribution in [3.8, 4) is 11.3 Å². The molecular formula is C18H17N3O. The Morgan fingerprint density at radius 2 is 1.86 bits per heavy atom. The van der Waals surface area contributed by atoms with Gasteiger partial charge in [-0.15, -0.1) is 5.10 Å². The molecule has 0 fully saturated rings. The number of hydrogen-bond donors (Lipinski definition) is 0. The first-order valence-corrected chi connectivity index (χ1v) is 7.23. The van der Waals surface area contributed by atoms with Gasteiger partial charge in [0, 0.05) is 5.56 Å². The molecule has 3 rings (SSSR count). The minimum Gasteiger partial charge on any atom is -0.296 e. The predicted octanol–water partition coefficient (Wildman–Crippen LogP) is 3.68. The number of nitrogens with zero attached hydrogens (tertiary/aromatic N) is 3. The molecule has 0 bridgehead atoms. The summed E-state index contributed by atoms with van der Waals surface area (Å²) in [6, 6.07) is 18.1. The topological polar surface area (TPSA) is 47.8 Å². The van der Waals surface area contributed by atoms with Crippen molar-refractivity contribution >= 4 is 6.29 Å². The zero-order valence-electron chi connectivity index (χ0n) is 12.6. The number of aldehydes is 1. The van der Waals surface area contributed by atoms with Crippen molar-refractivity contribution in [3.63, 3.8) is 0 Å². The van der Waals surface area contributed by atoms with E-state index >= 15 is 0 Å². The number of carbonyl (C=O) groups is 1. The van der Waals surface area contributed by atoms with E-state index in [9.17, 15) is 4.79 Å². The van der Waals surface area contributed by atoms with Gasteiger partial charge in [-0.2, -0.15) is 0 Å². The van der Waals surface area contributed by atoms with Crippen LogP contribution in [0.1, 0.15) is 34.6 Å². The lowest BCUT2D eigenvalue weighted by Crippen LogP contribution is -2.10. The van der Waals surface area contributed by atoms with Crippen molar-refractivity contribution < 1.29 is 4.79 Å². The van der Waals surface area contributed by atoms with Crippen LogP contribution in [0.3, 0.4) is 0 Å². The number of rotatable bonds is 4. The maximum absolute atomic E-state index is 11.3. The number of carbonyl (C=O) groups excluding carboxylic acids is 1. The van der Waals surface area contributed by atoms with Gasteiger partial charge in [0.05, 0.1) is 6.04 Å². The maximum Gasteiger partial charge on any atom is 0.172 e. The third kappa shape index (κ3) is 2.55. The molecule has 0 N–H and O–H groups in total. The van der Waals surface area contributed by atoms with E-state index in [4.69, 9.17) is 0 Å². The standard InChI is InChI=1S/C18H17N3O/c1-13-7-6-10-16(11-13)18-17(12-22)19-20-21(18)14(2)15-8-4-3-5-9-15/h3-12,14H,1-2H3. The summed E-state index contributed by atoms with van der Waals surface area (Å²) in [5.74, 6) is 0. The molecule has 4 nitrogen and oxygen atoms in total. The Morgan fingerprint density at radius 3 is 2.55 bits per heavy atom. The highest BCUT2D eigenvalue weighted by Crippen LogP contribution is 2.27. The predicted molar refractivity (Wildman–Crippen MR) is 85.8 cm³/mol. The van der Waals surface area contributed by atoms with Crippen molar-refractivity contribution in [2.45, 2.75) is 19.9 Å². The van der Waals surface area contributed by atoms with Crippen LogP contribution in [0.4, 0.5) is 0 Å². The molecule has 1 heterocycles. The molecule has 0 spiro atoms. The SMILES string of the molecule is Cc1cccc(-c2c(C=O)nnn2C(C)c2ccccc2)c1. The van der Waals surface area contributed by atoms with E-state index in [-0.39, 0.29) is 6.04 Å². The monoisotopic (exact) mass is 291 g/mol. The normalized spacial score (nSPS) is 12.1. The van der Waals surface area contributed by atoms with Crippen LogP contribution < -0.4 is 0 Å². The molecule has 2 aromatic carbocycles. The van der Waals surface area contributed by atoms with Crippen molar-refractivity contribution in [1.29, 1.82) is 0 Å². The molecule has 0 aliphatic carbocycles. The van der Waals surface area contributed by atoms with E-state index in [1.54, 1.807) is 0 Å². The Hall–Kier alpha value is -2.75. The Labute approximate surface area is 129 Å². The fourth-order valence-corrected chi connectivity index (χ4v) is 2.60. The van der Waals surface area contributed by atoms with E-state index < -0.39 is 0 Å². The first-order valence-electron chi connectivity index (χ1n) is 7.23. The van der Waals surface area contributed by atoms with E-state index in [0.29, 0.717) is 5.69 Å². The minimum atomic E-state index is -0.00193. The van der Waals surface area contributed by atoms with Crippen LogP contribution >= 0.6 is 0 Å². The second-order valence-corrected chi connectivity index (χ2v) is 5.34. The van der Waals surface area contributed by atoms with Gasteiger partial charge in [-0.3, -0.25) is 4.79 Å². The Bertz CT molecular complexity index is 793. The molecule has 0 saturated carbocycles. The van der Waals surface area contributed by atoms with E-state index in [1.807, 2.05) is 66.2 Å². The summed E-state index contributed by atoms with van der Waals surface area (Å²) in [6.07, 6.45) is 0.763. The van der Waals surface area contributed by atoms with Gasteiger partial charge in [0.2, 0.25) is 0 Å². The highest BCUT2D eigenvalue weighted by Gasteiger charge is 2.19. The number of benzene rings is 2. The molecule has 1 atom stereocenters. The molecule has 110 valence electrons. The van der Waals surface area contributed by atoms with Gasteiger partial charge in [-0.25, -0.2) is 4.68 Å². The van der Waals surface area contributed by atoms with Gasteiger partial charge in [0.15, 0.2) is 12.0 Å². The average molecular weight is 291 g/mol. The summed E-state index contributed by atoms with van der Waals surface area (Å²) in [7, 11) is 0. The number of aryl methyl sites for hydroxylation is 1. The van der Waals surface area contributed by atoms with Gasteiger partial charge in [0.25, 0.3) is 0 Å². The van der Waals surface area contributed by atoms with E-state index in [2.05, 4.69) is 17.2 Å². The number of aromatic nitrogens is 3. The lowest BCUT2D eigenvalue weighted by atomic mass is 10.0. The van der Waals surface area contributed by atoms with Crippen molar-refractivity contribution in [3.05, 3.63) is 71.4 Å². The van der Waals surface area contributed by atoms with E-state index in [1.165, 1.54) is 0 Å². The Kier molecular flexibility index (Phi) is 3.83. The Morgan fingerprint density at radius 1 is 1.09 bits per heavy atom. The molecule has 0 saturated heterocycles. The van der Waals surface area contributed by atoms with Crippen molar-refractivity contribution in [2.75, 3.05) is 0 Å². The highest BCUT2D eigenvalue weighted by molar-refractivity contribution is 5.83. The summed E-state index contributed by atoms with van der Waals surface area (Å²) >= 11 is 0. The van der Waals surface area contributed by atoms with Gasteiger partial charge < -0.3 is 0 Å². The molecular weight excluding hydrogens is 274 g/mol. The van der Waals surface area contributed by atoms with Crippen molar-refractivity contribution in [1.82, 2.24) is 15.0 Å². The quantitative estimate of drug-likeness (QED) is 0.689. The van der Waals surface area contributed by atoms with Crippen LogP contribution in [0.5, 0.6) is 0 Å². The summed E-state index contributed by atoms with van der Waals surface area (Å²) in [4.78, 5) is 11.3. The van der Waals surface area contributed by atoms with E-state index in [0.717, 1.165) is 28.7 Å². The second kappa shape index (κ2) is 5.93. The highest BCUT2D eigenvalue weighted by atomic mass is 16.1. The molecule has 1 unspecified atom stereocenters. The fourth-order valence-electron chi connectivity index (χ4n) is 2.60. The van der Waals surface area contributed by atoms with Crippen LogP contribution in [0.25, 0.3) is 11.3 Å². The van der Waals surface area contributed by atoms with Crippen molar-refractivity contribution in [2.24, 2.45) is 0 Å². The van der Waals surface area contributed by atoms with Crippen LogP contribution in [-0.2, 0) is 0 Å². The maximum atomic E-state index is 11.3. The van der Waals surface area contributed by atoms with Gasteiger partial charge in [-0.05, 0) is 25.5 Å². The van der Waals surface area contributed by atoms with Crippen LogP contribution in [0.2, 0.25) is 0 Å². The summed E-state index contributed by atoms with van der Waals surface area (Å²) in [5.41, 5.74) is 4.34. The molecule has 3 aromatic rings. The zero-order chi connectivity index (χ0) is 15.5. The van der Waals surface area contributed by atoms with Crippen LogP contribution in [0.15, 0.2) is 54.6 Å². The molecule has 4 heteroatoms. The number of hydrogen-bond acceptors (Lipinski definition) is 3. The fraction of sp³-hybridized carbons (Fsp3) is 0.167. The van der Waals surface area contributed by atoms with Gasteiger partial charge in [0.1, 0.15) is 5.69 Å². The molecule has 0 amide bonds. The van der Waals surface area contributed by atoms with Gasteiger partial charge >= 0.3 is 0 Å². The Balaban J connectivity index is 2.14. The third-order valence-corrected chi connectivity index (χ3v) is 3.77. The molecule has 1 aromatic heterocycles. The third-order valence-electron chi connectivity index (χ3n) is 3.77. The minimum absolute atomic E-state index is 0.00193. The largest absolute Gasteiger partial charge is 0.296 e. The zero-order valence-corrected chi connectivity index (χ0v) is 12.6. The first kappa shape index (κ1) is 14.2. The molecule has 0 aliphatic rings. The molecule has 0 radical (unpaired) electrons. The summed E-state index contributed by atoms with van der Waals surface area (Å²) in [6.45, 7) is 4.08. The average Bonchev–Trinajstić information content (AvgIpc) is 2.99. The molecule has 0 aliphatic heterocycles. The smallest absolute Gasteiger partial charge is 0.172 e. The summed E-state index contributed by atoms with van der Waals surface area (Å²) < 4.78 is 1.81.